The zero-order valence-electron chi connectivity index (χ0n) is 34.4. The third-order valence-electron chi connectivity index (χ3n) is 11.2. The number of aromatic nitrogens is 7. The third-order valence-corrected chi connectivity index (χ3v) is 11.2. The Hall–Kier alpha value is -8.58. The van der Waals surface area contributed by atoms with Crippen molar-refractivity contribution in [3.8, 4) is 50.3 Å². The largest absolute Gasteiger partial charge is 0.494 e. The van der Waals surface area contributed by atoms with Crippen LogP contribution in [0.2, 0.25) is 0 Å². The Morgan fingerprint density at radius 2 is 0.906 bits per heavy atom. The van der Waals surface area contributed by atoms with Crippen molar-refractivity contribution in [3.05, 3.63) is 157 Å². The first kappa shape index (κ1) is 39.5. The predicted octanol–water partition coefficient (Wildman–Crippen LogP) is 8.71. The molecule has 0 unspecified atom stereocenters. The first-order valence-electron chi connectivity index (χ1n) is 20.9. The molecule has 13 nitrogen and oxygen atoms in total. The molecular weight excluding hydrogens is 803 g/mol. The molecule has 0 saturated heterocycles. The summed E-state index contributed by atoms with van der Waals surface area (Å²) in [6.45, 7) is 0.810. The number of hydrogen-bond acceptors (Lipinski definition) is 9. The summed E-state index contributed by atoms with van der Waals surface area (Å²) in [6.07, 6.45) is 22.0. The Morgan fingerprint density at radius 3 is 1.31 bits per heavy atom. The fraction of sp³-hybridized carbons (Fsp3) is 0.0980. The number of benzene rings is 1. The SMILES string of the molecule is O=C(CCN1C(=O)C=CC1=O)NCCCOc1ccc(-c2c3nc(c(-c4ccncc4)c4ccc([nH]4)c(-c4ccncc4)c4nc(c(-c5ccncc5)c5ccc2[nH]5)C=C4)C=C3)cc1. The second-order valence-electron chi connectivity index (χ2n) is 15.2. The molecule has 3 aliphatic heterocycles. The Morgan fingerprint density at radius 1 is 0.516 bits per heavy atom. The van der Waals surface area contributed by atoms with E-state index in [1.807, 2.05) is 60.7 Å². The summed E-state index contributed by atoms with van der Waals surface area (Å²) in [5.74, 6) is -0.360. The van der Waals surface area contributed by atoms with Crippen LogP contribution in [0.4, 0.5) is 0 Å². The molecule has 0 atom stereocenters. The van der Waals surface area contributed by atoms with Crippen molar-refractivity contribution in [1.82, 2.24) is 45.1 Å². The maximum atomic E-state index is 12.4. The van der Waals surface area contributed by atoms with Crippen LogP contribution in [0.5, 0.6) is 5.75 Å². The molecule has 0 spiro atoms. The average Bonchev–Trinajstić information content (AvgIpc) is 4.20. The Labute approximate surface area is 367 Å². The quantitative estimate of drug-likeness (QED) is 0.0804. The standard InChI is InChI=1S/C51H39N9O4/c61-45(22-30-60-46(62)14-15-47(60)63)55-23-1-31-64-36-4-2-32(3-5-36)48-37-6-8-39(56-37)49(33-16-24-52-25-17-33)41-10-12-43(58-41)51(35-20-28-54-29-21-35)44-13-11-42(59-44)50(34-18-26-53-27-19-34)40-9-7-38(48)57-40/h2-21,24-29,56,59H,1,22-23,30-31H2,(H,55,61). The molecule has 3 aliphatic rings. The average molecular weight is 842 g/mol. The fourth-order valence-electron chi connectivity index (χ4n) is 8.14. The van der Waals surface area contributed by atoms with Crippen molar-refractivity contribution in [2.24, 2.45) is 0 Å². The molecule has 1 aromatic carbocycles. The van der Waals surface area contributed by atoms with Crippen LogP contribution in [0.25, 0.3) is 90.9 Å². The third kappa shape index (κ3) is 8.00. The molecule has 9 heterocycles. The predicted molar refractivity (Wildman–Crippen MR) is 248 cm³/mol. The van der Waals surface area contributed by atoms with Crippen molar-refractivity contribution < 1.29 is 19.1 Å². The molecule has 10 rings (SSSR count). The molecule has 64 heavy (non-hydrogen) atoms. The Balaban J connectivity index is 1.05. The number of aromatic amines is 2. The van der Waals surface area contributed by atoms with Crippen molar-refractivity contribution >= 4 is 64.1 Å². The van der Waals surface area contributed by atoms with E-state index in [1.165, 1.54) is 12.2 Å². The normalized spacial score (nSPS) is 12.9. The van der Waals surface area contributed by atoms with Gasteiger partial charge in [0.1, 0.15) is 5.75 Å². The Bertz CT molecular complexity index is 3140. The summed E-state index contributed by atoms with van der Waals surface area (Å²) in [7, 11) is 0. The van der Waals surface area contributed by atoms with E-state index in [0.717, 1.165) is 94.3 Å². The Kier molecular flexibility index (Phi) is 10.8. The number of imide groups is 1. The number of H-pyrrole nitrogens is 2. The summed E-state index contributed by atoms with van der Waals surface area (Å²) in [5.41, 5.74) is 14.2. The maximum absolute atomic E-state index is 12.4. The lowest BCUT2D eigenvalue weighted by molar-refractivity contribution is -0.137. The topological polar surface area (TPSA) is 172 Å². The van der Waals surface area contributed by atoms with Crippen LogP contribution in [-0.2, 0) is 14.4 Å². The van der Waals surface area contributed by atoms with Gasteiger partial charge in [-0.25, -0.2) is 9.97 Å². The van der Waals surface area contributed by atoms with E-state index in [4.69, 9.17) is 14.7 Å². The van der Waals surface area contributed by atoms with Crippen LogP contribution in [0.15, 0.2) is 134 Å². The highest BCUT2D eigenvalue weighted by Crippen LogP contribution is 2.38. The van der Waals surface area contributed by atoms with E-state index >= 15 is 0 Å². The lowest BCUT2D eigenvalue weighted by atomic mass is 10.0. The number of rotatable bonds is 12. The molecule has 0 aliphatic carbocycles. The number of hydrogen-bond donors (Lipinski definition) is 3. The number of carbonyl (C=O) groups excluding carboxylic acids is 3. The minimum atomic E-state index is -0.399. The number of carbonyl (C=O) groups is 3. The lowest BCUT2D eigenvalue weighted by Gasteiger charge is -2.13. The van der Waals surface area contributed by atoms with Gasteiger partial charge in [-0.2, -0.15) is 0 Å². The highest BCUT2D eigenvalue weighted by Gasteiger charge is 2.24. The van der Waals surface area contributed by atoms with E-state index in [-0.39, 0.29) is 18.9 Å². The van der Waals surface area contributed by atoms with E-state index in [1.54, 1.807) is 37.2 Å². The van der Waals surface area contributed by atoms with Gasteiger partial charge >= 0.3 is 0 Å². The van der Waals surface area contributed by atoms with Gasteiger partial charge in [-0.15, -0.1) is 0 Å². The summed E-state index contributed by atoms with van der Waals surface area (Å²) >= 11 is 0. The van der Waals surface area contributed by atoms with Gasteiger partial charge in [-0.1, -0.05) is 12.1 Å². The second-order valence-corrected chi connectivity index (χ2v) is 15.2. The zero-order valence-corrected chi connectivity index (χ0v) is 34.4. The maximum Gasteiger partial charge on any atom is 0.253 e. The van der Waals surface area contributed by atoms with E-state index in [9.17, 15) is 14.4 Å². The lowest BCUT2D eigenvalue weighted by Crippen LogP contribution is -2.35. The molecule has 6 aromatic heterocycles. The number of pyridine rings is 3. The van der Waals surface area contributed by atoms with Gasteiger partial charge in [0.2, 0.25) is 5.91 Å². The van der Waals surface area contributed by atoms with Crippen LogP contribution in [-0.4, -0.2) is 77.2 Å². The molecular formula is C51H39N9O4. The highest BCUT2D eigenvalue weighted by atomic mass is 16.5. The summed E-state index contributed by atoms with van der Waals surface area (Å²) in [5, 5.41) is 2.83. The number of nitrogens with zero attached hydrogens (tertiary/aromatic N) is 6. The van der Waals surface area contributed by atoms with Crippen LogP contribution >= 0.6 is 0 Å². The van der Waals surface area contributed by atoms with Gasteiger partial charge in [0.15, 0.2) is 0 Å². The number of ether oxygens (including phenoxy) is 1. The molecule has 0 fully saturated rings. The van der Waals surface area contributed by atoms with E-state index in [2.05, 4.69) is 78.8 Å². The summed E-state index contributed by atoms with van der Waals surface area (Å²) < 4.78 is 6.08. The molecule has 0 saturated carbocycles. The first-order valence-corrected chi connectivity index (χ1v) is 20.9. The molecule has 0 radical (unpaired) electrons. The minimum Gasteiger partial charge on any atom is -0.494 e. The van der Waals surface area contributed by atoms with Crippen molar-refractivity contribution in [2.75, 3.05) is 19.7 Å². The van der Waals surface area contributed by atoms with Crippen LogP contribution < -0.4 is 10.1 Å². The van der Waals surface area contributed by atoms with Crippen LogP contribution in [0.3, 0.4) is 0 Å². The van der Waals surface area contributed by atoms with E-state index in [0.29, 0.717) is 25.3 Å². The molecule has 13 heteroatoms. The number of amides is 3. The first-order chi connectivity index (χ1) is 31.5. The molecule has 3 amide bonds. The number of nitrogens with one attached hydrogen (secondary N) is 3. The van der Waals surface area contributed by atoms with Gasteiger partial charge in [0.05, 0.1) is 29.4 Å². The fourth-order valence-corrected chi connectivity index (χ4v) is 8.14. The summed E-state index contributed by atoms with van der Waals surface area (Å²) in [6, 6.07) is 28.2. The highest BCUT2D eigenvalue weighted by molar-refractivity contribution is 6.13. The monoisotopic (exact) mass is 841 g/mol. The van der Waals surface area contributed by atoms with Gasteiger partial charge in [0.25, 0.3) is 11.8 Å². The van der Waals surface area contributed by atoms with Crippen molar-refractivity contribution in [1.29, 1.82) is 0 Å². The smallest absolute Gasteiger partial charge is 0.253 e. The van der Waals surface area contributed by atoms with Gasteiger partial charge in [-0.05, 0) is 126 Å². The van der Waals surface area contributed by atoms with E-state index < -0.39 is 11.8 Å². The molecule has 8 bridgehead atoms. The molecule has 312 valence electrons. The van der Waals surface area contributed by atoms with Gasteiger partial charge < -0.3 is 20.0 Å². The minimum absolute atomic E-state index is 0.0410. The van der Waals surface area contributed by atoms with Gasteiger partial charge in [0, 0.05) is 113 Å². The van der Waals surface area contributed by atoms with Crippen LogP contribution in [0.1, 0.15) is 35.6 Å². The molecule has 3 N–H and O–H groups in total. The van der Waals surface area contributed by atoms with Crippen molar-refractivity contribution in [2.45, 2.75) is 12.8 Å². The number of fused-ring (bicyclic) bond motifs is 8. The van der Waals surface area contributed by atoms with Gasteiger partial charge in [-0.3, -0.25) is 34.2 Å². The zero-order chi connectivity index (χ0) is 43.4. The second kappa shape index (κ2) is 17.4. The van der Waals surface area contributed by atoms with Crippen molar-refractivity contribution in [3.63, 3.8) is 0 Å². The summed E-state index contributed by atoms with van der Waals surface area (Å²) in [4.78, 5) is 68.1. The molecule has 7 aromatic rings. The van der Waals surface area contributed by atoms with Crippen LogP contribution in [0, 0.1) is 0 Å².